The highest BCUT2D eigenvalue weighted by Gasteiger charge is 2.27. The number of carbonyl (C=O) groups is 4. The highest BCUT2D eigenvalue weighted by molar-refractivity contribution is 9.09. The van der Waals surface area contributed by atoms with Gasteiger partial charge in [-0.3, -0.25) is 9.59 Å². The average molecular weight is 605 g/mol. The molecule has 2 atom stereocenters. The number of ether oxygens (including phenoxy) is 2. The Morgan fingerprint density at radius 1 is 0.821 bits per heavy atom. The number of ketones is 1. The van der Waals surface area contributed by atoms with Gasteiger partial charge in [0.15, 0.2) is 5.78 Å². The zero-order chi connectivity index (χ0) is 28.7. The third kappa shape index (κ3) is 13.3. The van der Waals surface area contributed by atoms with Crippen LogP contribution in [0.3, 0.4) is 0 Å². The monoisotopic (exact) mass is 603 g/mol. The second kappa shape index (κ2) is 16.5. The van der Waals surface area contributed by atoms with Gasteiger partial charge in [-0.05, 0) is 51.2 Å². The highest BCUT2D eigenvalue weighted by Crippen LogP contribution is 2.10. The van der Waals surface area contributed by atoms with Crippen LogP contribution in [-0.2, 0) is 32.1 Å². The van der Waals surface area contributed by atoms with Crippen LogP contribution in [0.15, 0.2) is 60.7 Å². The number of carbonyl (C=O) groups excluding carboxylic acids is 4. The van der Waals surface area contributed by atoms with Gasteiger partial charge in [0.25, 0.3) is 0 Å². The molecule has 0 aromatic heterocycles. The normalized spacial score (nSPS) is 12.5. The summed E-state index contributed by atoms with van der Waals surface area (Å²) in [6.45, 7) is 5.80. The van der Waals surface area contributed by atoms with E-state index in [0.29, 0.717) is 25.8 Å². The van der Waals surface area contributed by atoms with Gasteiger partial charge < -0.3 is 25.4 Å². The average Bonchev–Trinajstić information content (AvgIpc) is 2.90. The van der Waals surface area contributed by atoms with Crippen molar-refractivity contribution in [1.82, 2.24) is 16.0 Å². The van der Waals surface area contributed by atoms with Crippen LogP contribution in [0.5, 0.6) is 0 Å². The van der Waals surface area contributed by atoms with Gasteiger partial charge in [-0.25, -0.2) is 9.59 Å². The molecule has 2 unspecified atom stereocenters. The van der Waals surface area contributed by atoms with Crippen LogP contribution in [-0.4, -0.2) is 53.4 Å². The van der Waals surface area contributed by atoms with Crippen molar-refractivity contribution in [3.05, 3.63) is 71.8 Å². The number of amides is 3. The molecular weight excluding hydrogens is 566 g/mol. The molecule has 2 rings (SSSR count). The van der Waals surface area contributed by atoms with E-state index in [1.54, 1.807) is 20.8 Å². The summed E-state index contributed by atoms with van der Waals surface area (Å²) in [6.07, 6.45) is 0.545. The van der Waals surface area contributed by atoms with Crippen molar-refractivity contribution in [1.29, 1.82) is 0 Å². The minimum absolute atomic E-state index is 0.0639. The molecule has 212 valence electrons. The second-order valence-corrected chi connectivity index (χ2v) is 10.6. The van der Waals surface area contributed by atoms with Crippen molar-refractivity contribution in [3.63, 3.8) is 0 Å². The Bertz CT molecular complexity index is 1060. The SMILES string of the molecule is CC(C)(C)OC(=O)NCCCCC(NC(=O)C(Cc1ccccc1)NC(=O)OCc1ccccc1)C(=O)CBr. The molecule has 9 nitrogen and oxygen atoms in total. The van der Waals surface area contributed by atoms with Gasteiger partial charge in [-0.2, -0.15) is 0 Å². The van der Waals surface area contributed by atoms with Gasteiger partial charge in [-0.1, -0.05) is 76.6 Å². The summed E-state index contributed by atoms with van der Waals surface area (Å²) in [7, 11) is 0. The molecule has 2 aromatic carbocycles. The Morgan fingerprint density at radius 2 is 1.44 bits per heavy atom. The summed E-state index contributed by atoms with van der Waals surface area (Å²) in [5.74, 6) is -0.671. The van der Waals surface area contributed by atoms with Crippen LogP contribution in [0, 0.1) is 0 Å². The molecule has 0 aliphatic carbocycles. The molecule has 0 spiro atoms. The summed E-state index contributed by atoms with van der Waals surface area (Å²) in [4.78, 5) is 50.2. The van der Waals surface area contributed by atoms with Gasteiger partial charge in [0.05, 0.1) is 11.4 Å². The molecule has 0 fully saturated rings. The van der Waals surface area contributed by atoms with Crippen molar-refractivity contribution in [3.8, 4) is 0 Å². The maximum Gasteiger partial charge on any atom is 0.408 e. The Labute approximate surface area is 238 Å². The fourth-order valence-electron chi connectivity index (χ4n) is 3.62. The Balaban J connectivity index is 1.96. The Kier molecular flexibility index (Phi) is 13.5. The van der Waals surface area contributed by atoms with E-state index in [1.807, 2.05) is 60.7 Å². The zero-order valence-electron chi connectivity index (χ0n) is 22.7. The lowest BCUT2D eigenvalue weighted by molar-refractivity contribution is -0.128. The number of hydrogen-bond donors (Lipinski definition) is 3. The third-order valence-corrected chi connectivity index (χ3v) is 6.08. The quantitative estimate of drug-likeness (QED) is 0.213. The number of benzene rings is 2. The minimum atomic E-state index is -0.949. The molecule has 3 N–H and O–H groups in total. The summed E-state index contributed by atoms with van der Waals surface area (Å²) >= 11 is 3.18. The predicted octanol–water partition coefficient (Wildman–Crippen LogP) is 4.67. The van der Waals surface area contributed by atoms with E-state index in [2.05, 4.69) is 31.9 Å². The van der Waals surface area contributed by atoms with E-state index in [1.165, 1.54) is 0 Å². The molecule has 0 aliphatic rings. The summed E-state index contributed by atoms with van der Waals surface area (Å²) in [5.41, 5.74) is 1.08. The number of halogens is 1. The first-order chi connectivity index (χ1) is 18.6. The maximum absolute atomic E-state index is 13.3. The minimum Gasteiger partial charge on any atom is -0.445 e. The summed E-state index contributed by atoms with van der Waals surface area (Å²) in [5, 5.41) is 8.20. The maximum atomic E-state index is 13.3. The largest absolute Gasteiger partial charge is 0.445 e. The van der Waals surface area contributed by atoms with Crippen molar-refractivity contribution in [2.75, 3.05) is 11.9 Å². The molecule has 10 heteroatoms. The number of rotatable bonds is 14. The van der Waals surface area contributed by atoms with Crippen LogP contribution in [0.2, 0.25) is 0 Å². The first kappa shape index (κ1) is 31.8. The van der Waals surface area contributed by atoms with Crippen LogP contribution >= 0.6 is 15.9 Å². The first-order valence-corrected chi connectivity index (χ1v) is 14.1. The Morgan fingerprint density at radius 3 is 2.03 bits per heavy atom. The number of unbranched alkanes of at least 4 members (excludes halogenated alkanes) is 1. The Hall–Kier alpha value is -3.40. The lowest BCUT2D eigenvalue weighted by Gasteiger charge is -2.23. The molecule has 2 aromatic rings. The van der Waals surface area contributed by atoms with Crippen molar-refractivity contribution >= 4 is 39.8 Å². The molecule has 0 bridgehead atoms. The van der Waals surface area contributed by atoms with Gasteiger partial charge in [0.2, 0.25) is 5.91 Å². The van der Waals surface area contributed by atoms with Gasteiger partial charge >= 0.3 is 12.2 Å². The van der Waals surface area contributed by atoms with E-state index < -0.39 is 35.8 Å². The highest BCUT2D eigenvalue weighted by atomic mass is 79.9. The van der Waals surface area contributed by atoms with E-state index in [9.17, 15) is 19.2 Å². The number of nitrogens with one attached hydrogen (secondary N) is 3. The number of hydrogen-bond acceptors (Lipinski definition) is 6. The van der Waals surface area contributed by atoms with Crippen LogP contribution < -0.4 is 16.0 Å². The molecule has 0 radical (unpaired) electrons. The number of alkyl carbamates (subject to hydrolysis) is 2. The topological polar surface area (TPSA) is 123 Å². The standard InChI is InChI=1S/C29H38BrN3O6/c1-29(2,3)39-27(36)31-17-11-10-16-23(25(34)19-30)32-26(35)24(18-21-12-6-4-7-13-21)33-28(37)38-20-22-14-8-5-9-15-22/h4-9,12-15,23-24H,10-11,16-20H2,1-3H3,(H,31,36)(H,32,35)(H,33,37). The molecule has 39 heavy (non-hydrogen) atoms. The van der Waals surface area contributed by atoms with Crippen molar-refractivity contribution in [2.24, 2.45) is 0 Å². The molecule has 0 saturated heterocycles. The molecule has 0 heterocycles. The molecule has 0 aliphatic heterocycles. The third-order valence-electron chi connectivity index (χ3n) is 5.53. The lowest BCUT2D eigenvalue weighted by Crippen LogP contribution is -2.52. The number of Topliss-reactive ketones (excluding diaryl/α,β-unsaturated/α-hetero) is 1. The van der Waals surface area contributed by atoms with Gasteiger partial charge in [0.1, 0.15) is 18.2 Å². The fraction of sp³-hybridized carbons (Fsp3) is 0.448. The van der Waals surface area contributed by atoms with Crippen molar-refractivity contribution < 1.29 is 28.7 Å². The van der Waals surface area contributed by atoms with Crippen LogP contribution in [0.1, 0.15) is 51.2 Å². The van der Waals surface area contributed by atoms with E-state index in [-0.39, 0.29) is 24.1 Å². The zero-order valence-corrected chi connectivity index (χ0v) is 24.3. The smallest absolute Gasteiger partial charge is 0.408 e. The summed E-state index contributed by atoms with van der Waals surface area (Å²) in [6, 6.07) is 16.8. The first-order valence-electron chi connectivity index (χ1n) is 12.9. The fourth-order valence-corrected chi connectivity index (χ4v) is 4.01. The van der Waals surface area contributed by atoms with E-state index in [4.69, 9.17) is 9.47 Å². The van der Waals surface area contributed by atoms with Crippen LogP contribution in [0.25, 0.3) is 0 Å². The van der Waals surface area contributed by atoms with E-state index >= 15 is 0 Å². The molecule has 3 amide bonds. The molecule has 0 saturated carbocycles. The summed E-state index contributed by atoms with van der Waals surface area (Å²) < 4.78 is 10.5. The predicted molar refractivity (Wildman–Crippen MR) is 153 cm³/mol. The van der Waals surface area contributed by atoms with E-state index in [0.717, 1.165) is 11.1 Å². The second-order valence-electron chi connectivity index (χ2n) is 10.0. The lowest BCUT2D eigenvalue weighted by atomic mass is 10.0. The van der Waals surface area contributed by atoms with Gasteiger partial charge in [0, 0.05) is 13.0 Å². The van der Waals surface area contributed by atoms with Gasteiger partial charge in [-0.15, -0.1) is 0 Å². The molecular formula is C29H38BrN3O6. The van der Waals surface area contributed by atoms with Crippen molar-refractivity contribution in [2.45, 2.75) is 70.7 Å². The van der Waals surface area contributed by atoms with Crippen LogP contribution in [0.4, 0.5) is 9.59 Å². The number of alkyl halides is 1.